The van der Waals surface area contributed by atoms with Crippen LogP contribution in [0, 0.1) is 11.8 Å². The van der Waals surface area contributed by atoms with Gasteiger partial charge in [0.15, 0.2) is 0 Å². The average Bonchev–Trinajstić information content (AvgIpc) is 2.36. The van der Waals surface area contributed by atoms with Crippen molar-refractivity contribution in [2.45, 2.75) is 27.7 Å². The second-order valence-corrected chi connectivity index (χ2v) is 4.89. The fraction of sp³-hybridized carbons (Fsp3) is 0.571. The Kier molecular flexibility index (Phi) is 5.62. The molecule has 0 aliphatic rings. The van der Waals surface area contributed by atoms with E-state index < -0.39 is 0 Å². The van der Waals surface area contributed by atoms with Crippen molar-refractivity contribution in [2.75, 3.05) is 18.4 Å². The molecule has 0 fully saturated rings. The molecule has 100 valence electrons. The van der Waals surface area contributed by atoms with Gasteiger partial charge in [0, 0.05) is 24.8 Å². The molecule has 18 heavy (non-hydrogen) atoms. The quantitative estimate of drug-likeness (QED) is 0.814. The van der Waals surface area contributed by atoms with E-state index >= 15 is 0 Å². The fourth-order valence-corrected chi connectivity index (χ4v) is 1.44. The van der Waals surface area contributed by atoms with Gasteiger partial charge in [0.05, 0.1) is 0 Å². The number of anilines is 1. The van der Waals surface area contributed by atoms with E-state index in [-0.39, 0.29) is 5.91 Å². The van der Waals surface area contributed by atoms with Crippen LogP contribution in [0.3, 0.4) is 0 Å². The lowest BCUT2D eigenvalue weighted by Crippen LogP contribution is -2.30. The van der Waals surface area contributed by atoms with E-state index in [0.29, 0.717) is 23.9 Å². The number of nitrogens with one attached hydrogen (secondary N) is 2. The molecule has 0 aliphatic heterocycles. The summed E-state index contributed by atoms with van der Waals surface area (Å²) in [5.74, 6) is 1.75. The van der Waals surface area contributed by atoms with Gasteiger partial charge in [-0.2, -0.15) is 0 Å². The maximum absolute atomic E-state index is 12.0. The molecule has 0 radical (unpaired) electrons. The Bertz CT molecular complexity index is 390. The number of amides is 1. The third kappa shape index (κ3) is 4.35. The van der Waals surface area contributed by atoms with Crippen molar-refractivity contribution in [2.24, 2.45) is 11.8 Å². The van der Waals surface area contributed by atoms with Crippen LogP contribution in [0.25, 0.3) is 0 Å². The SMILES string of the molecule is CCNc1cc(C(=O)NCC(C)C(C)C)ccn1. The molecule has 0 saturated heterocycles. The maximum atomic E-state index is 12.0. The molecule has 0 aromatic carbocycles. The van der Waals surface area contributed by atoms with Gasteiger partial charge in [0.2, 0.25) is 0 Å². The summed E-state index contributed by atoms with van der Waals surface area (Å²) in [7, 11) is 0. The van der Waals surface area contributed by atoms with Crippen LogP contribution in [0.5, 0.6) is 0 Å². The third-order valence-electron chi connectivity index (χ3n) is 3.10. The Morgan fingerprint density at radius 3 is 2.72 bits per heavy atom. The number of carbonyl (C=O) groups is 1. The van der Waals surface area contributed by atoms with Crippen molar-refractivity contribution in [3.63, 3.8) is 0 Å². The van der Waals surface area contributed by atoms with Gasteiger partial charge in [0.1, 0.15) is 5.82 Å². The number of rotatable bonds is 6. The van der Waals surface area contributed by atoms with Crippen LogP contribution in [-0.2, 0) is 0 Å². The number of nitrogens with zero attached hydrogens (tertiary/aromatic N) is 1. The number of hydrogen-bond donors (Lipinski definition) is 2. The summed E-state index contributed by atoms with van der Waals surface area (Å²) < 4.78 is 0. The van der Waals surface area contributed by atoms with Crippen LogP contribution in [0.1, 0.15) is 38.1 Å². The van der Waals surface area contributed by atoms with Crippen molar-refractivity contribution < 1.29 is 4.79 Å². The second kappa shape index (κ2) is 6.99. The molecular weight excluding hydrogens is 226 g/mol. The lowest BCUT2D eigenvalue weighted by atomic mass is 9.98. The van der Waals surface area contributed by atoms with Crippen LogP contribution in [0.15, 0.2) is 18.3 Å². The van der Waals surface area contributed by atoms with Gasteiger partial charge in [-0.15, -0.1) is 0 Å². The molecule has 1 heterocycles. The first-order chi connectivity index (χ1) is 8.54. The number of hydrogen-bond acceptors (Lipinski definition) is 3. The Morgan fingerprint density at radius 2 is 2.11 bits per heavy atom. The smallest absolute Gasteiger partial charge is 0.251 e. The van der Waals surface area contributed by atoms with Gasteiger partial charge >= 0.3 is 0 Å². The van der Waals surface area contributed by atoms with Crippen molar-refractivity contribution >= 4 is 11.7 Å². The average molecular weight is 249 g/mol. The number of aromatic nitrogens is 1. The molecule has 1 aromatic rings. The molecule has 1 aromatic heterocycles. The third-order valence-corrected chi connectivity index (χ3v) is 3.10. The minimum absolute atomic E-state index is 0.0379. The van der Waals surface area contributed by atoms with E-state index in [9.17, 15) is 4.79 Å². The molecule has 1 rings (SSSR count). The highest BCUT2D eigenvalue weighted by atomic mass is 16.1. The lowest BCUT2D eigenvalue weighted by molar-refractivity contribution is 0.0945. The highest BCUT2D eigenvalue weighted by Gasteiger charge is 2.10. The molecule has 1 unspecified atom stereocenters. The molecule has 0 bridgehead atoms. The van der Waals surface area contributed by atoms with Crippen molar-refractivity contribution in [3.8, 4) is 0 Å². The first-order valence-electron chi connectivity index (χ1n) is 6.52. The molecule has 0 aliphatic carbocycles. The number of carbonyl (C=O) groups excluding carboxylic acids is 1. The summed E-state index contributed by atoms with van der Waals surface area (Å²) in [5.41, 5.74) is 0.650. The summed E-state index contributed by atoms with van der Waals surface area (Å²) in [6.45, 7) is 9.96. The summed E-state index contributed by atoms with van der Waals surface area (Å²) >= 11 is 0. The van der Waals surface area contributed by atoms with Crippen molar-refractivity contribution in [1.29, 1.82) is 0 Å². The van der Waals surface area contributed by atoms with Crippen molar-refractivity contribution in [1.82, 2.24) is 10.3 Å². The Labute approximate surface area is 109 Å². The van der Waals surface area contributed by atoms with E-state index in [1.165, 1.54) is 0 Å². The highest BCUT2D eigenvalue weighted by molar-refractivity contribution is 5.94. The van der Waals surface area contributed by atoms with Crippen LogP contribution >= 0.6 is 0 Å². The fourth-order valence-electron chi connectivity index (χ4n) is 1.44. The minimum atomic E-state index is -0.0379. The van der Waals surface area contributed by atoms with Gasteiger partial charge in [-0.05, 0) is 30.9 Å². The normalized spacial score (nSPS) is 12.3. The lowest BCUT2D eigenvalue weighted by Gasteiger charge is -2.16. The van der Waals surface area contributed by atoms with Crippen LogP contribution in [-0.4, -0.2) is 24.0 Å². The van der Waals surface area contributed by atoms with E-state index in [0.717, 1.165) is 12.4 Å². The Balaban J connectivity index is 2.58. The molecule has 4 nitrogen and oxygen atoms in total. The van der Waals surface area contributed by atoms with Crippen LogP contribution in [0.4, 0.5) is 5.82 Å². The molecule has 4 heteroatoms. The first-order valence-corrected chi connectivity index (χ1v) is 6.52. The molecular formula is C14H23N3O. The molecule has 1 amide bonds. The van der Waals surface area contributed by atoms with Crippen molar-refractivity contribution in [3.05, 3.63) is 23.9 Å². The summed E-state index contributed by atoms with van der Waals surface area (Å²) in [6, 6.07) is 3.51. The van der Waals surface area contributed by atoms with E-state index in [4.69, 9.17) is 0 Å². The van der Waals surface area contributed by atoms with Gasteiger partial charge < -0.3 is 10.6 Å². The van der Waals surface area contributed by atoms with E-state index in [1.54, 1.807) is 18.3 Å². The van der Waals surface area contributed by atoms with Gasteiger partial charge in [-0.3, -0.25) is 4.79 Å². The molecule has 0 saturated carbocycles. The minimum Gasteiger partial charge on any atom is -0.370 e. The predicted molar refractivity (Wildman–Crippen MR) is 74.7 cm³/mol. The van der Waals surface area contributed by atoms with E-state index in [1.807, 2.05) is 6.92 Å². The highest BCUT2D eigenvalue weighted by Crippen LogP contribution is 2.09. The topological polar surface area (TPSA) is 54.0 Å². The van der Waals surface area contributed by atoms with E-state index in [2.05, 4.69) is 36.4 Å². The summed E-state index contributed by atoms with van der Waals surface area (Å²) in [6.07, 6.45) is 1.65. The Morgan fingerprint density at radius 1 is 1.39 bits per heavy atom. The Hall–Kier alpha value is -1.58. The zero-order valence-electron chi connectivity index (χ0n) is 11.7. The summed E-state index contributed by atoms with van der Waals surface area (Å²) in [4.78, 5) is 16.1. The van der Waals surface area contributed by atoms with Crippen LogP contribution in [0.2, 0.25) is 0 Å². The monoisotopic (exact) mass is 249 g/mol. The molecule has 0 spiro atoms. The van der Waals surface area contributed by atoms with Gasteiger partial charge in [0.25, 0.3) is 5.91 Å². The van der Waals surface area contributed by atoms with Gasteiger partial charge in [-0.1, -0.05) is 20.8 Å². The predicted octanol–water partition coefficient (Wildman–Crippen LogP) is 2.54. The standard InChI is InChI=1S/C14H23N3O/c1-5-15-13-8-12(6-7-16-13)14(18)17-9-11(4)10(2)3/h6-8,10-11H,5,9H2,1-4H3,(H,15,16)(H,17,18). The molecule has 2 N–H and O–H groups in total. The first kappa shape index (κ1) is 14.5. The zero-order valence-corrected chi connectivity index (χ0v) is 11.7. The summed E-state index contributed by atoms with van der Waals surface area (Å²) in [5, 5.41) is 6.05. The van der Waals surface area contributed by atoms with Gasteiger partial charge in [-0.25, -0.2) is 4.98 Å². The maximum Gasteiger partial charge on any atom is 0.251 e. The van der Waals surface area contributed by atoms with Crippen LogP contribution < -0.4 is 10.6 Å². The number of pyridine rings is 1. The zero-order chi connectivity index (χ0) is 13.5. The largest absolute Gasteiger partial charge is 0.370 e. The molecule has 1 atom stereocenters. The second-order valence-electron chi connectivity index (χ2n) is 4.89.